The molecule has 0 radical (unpaired) electrons. The number of aromatic nitrogens is 3. The van der Waals surface area contributed by atoms with E-state index in [-0.39, 0.29) is 11.9 Å². The number of anilines is 1. The van der Waals surface area contributed by atoms with E-state index in [0.29, 0.717) is 11.2 Å². The number of carbonyl (C=O) groups is 1. The molecule has 1 aromatic carbocycles. The molecule has 3 fully saturated rings. The molecule has 6 rings (SSSR count). The van der Waals surface area contributed by atoms with E-state index in [4.69, 9.17) is 29.4 Å². The summed E-state index contributed by atoms with van der Waals surface area (Å²) >= 11 is 0. The van der Waals surface area contributed by atoms with E-state index in [1.54, 1.807) is 26.0 Å². The van der Waals surface area contributed by atoms with E-state index in [1.807, 2.05) is 30.3 Å². The number of hydrogen-bond acceptors (Lipinski definition) is 10. The third-order valence-electron chi connectivity index (χ3n) is 6.37. The van der Waals surface area contributed by atoms with Gasteiger partial charge in [0.15, 0.2) is 23.8 Å². The maximum absolute atomic E-state index is 12.2. The van der Waals surface area contributed by atoms with Gasteiger partial charge in [-0.05, 0) is 26.0 Å². The minimum atomic E-state index is -1.59. The lowest BCUT2D eigenvalue weighted by atomic mass is 9.90. The van der Waals surface area contributed by atoms with Crippen molar-refractivity contribution in [1.29, 1.82) is 5.26 Å². The molecule has 2 N–H and O–H groups in total. The Balaban J connectivity index is 1.42. The van der Waals surface area contributed by atoms with Gasteiger partial charge in [-0.25, -0.2) is 14.3 Å². The van der Waals surface area contributed by atoms with Crippen LogP contribution in [0.2, 0.25) is 0 Å². The Kier molecular flexibility index (Phi) is 4.38. The molecule has 6 atom stereocenters. The van der Waals surface area contributed by atoms with Crippen LogP contribution in [0.1, 0.15) is 31.4 Å². The number of ether oxygens (including phenoxy) is 5. The molecular formula is C23H21N5O6. The predicted octanol–water partition coefficient (Wildman–Crippen LogP) is 2.23. The molecule has 2 aliphatic heterocycles. The summed E-state index contributed by atoms with van der Waals surface area (Å²) in [6.45, 7) is 3.44. The summed E-state index contributed by atoms with van der Waals surface area (Å²) in [5, 5.41) is 14.7. The van der Waals surface area contributed by atoms with Gasteiger partial charge in [0.1, 0.15) is 30.1 Å². The molecule has 0 bridgehead atoms. The second kappa shape index (κ2) is 7.14. The molecule has 1 aliphatic carbocycles. The first-order valence-electron chi connectivity index (χ1n) is 10.8. The minimum absolute atomic E-state index is 0.260. The quantitative estimate of drug-likeness (QED) is 0.572. The van der Waals surface area contributed by atoms with Crippen LogP contribution in [0.3, 0.4) is 0 Å². The zero-order valence-electron chi connectivity index (χ0n) is 18.3. The van der Waals surface area contributed by atoms with Crippen LogP contribution in [0.4, 0.5) is 10.6 Å². The van der Waals surface area contributed by atoms with Crippen LogP contribution in [0, 0.1) is 11.3 Å². The van der Waals surface area contributed by atoms with E-state index >= 15 is 0 Å². The highest BCUT2D eigenvalue weighted by Gasteiger charge is 2.89. The van der Waals surface area contributed by atoms with Gasteiger partial charge in [-0.3, -0.25) is 0 Å². The summed E-state index contributed by atoms with van der Waals surface area (Å²) in [7, 11) is 0. The van der Waals surface area contributed by atoms with Gasteiger partial charge in [0.25, 0.3) is 0 Å². The molecule has 174 valence electrons. The highest BCUT2D eigenvalue weighted by Crippen LogP contribution is 2.67. The molecule has 3 aliphatic rings. The van der Waals surface area contributed by atoms with Gasteiger partial charge in [0, 0.05) is 5.56 Å². The number of rotatable bonds is 4. The van der Waals surface area contributed by atoms with Crippen LogP contribution < -0.4 is 5.73 Å². The average molecular weight is 463 g/mol. The highest BCUT2D eigenvalue weighted by molar-refractivity contribution is 5.66. The normalized spacial score (nSPS) is 33.4. The van der Waals surface area contributed by atoms with Gasteiger partial charge >= 0.3 is 6.16 Å². The largest absolute Gasteiger partial charge is 0.509 e. The van der Waals surface area contributed by atoms with Crippen molar-refractivity contribution >= 4 is 17.5 Å². The first-order valence-corrected chi connectivity index (χ1v) is 10.8. The minimum Gasteiger partial charge on any atom is -0.432 e. The topological polar surface area (TPSA) is 143 Å². The van der Waals surface area contributed by atoms with Crippen molar-refractivity contribution < 1.29 is 28.5 Å². The van der Waals surface area contributed by atoms with Crippen LogP contribution in [0.25, 0.3) is 5.52 Å². The van der Waals surface area contributed by atoms with Crippen LogP contribution in [-0.2, 0) is 29.3 Å². The van der Waals surface area contributed by atoms with E-state index in [2.05, 4.69) is 16.2 Å². The summed E-state index contributed by atoms with van der Waals surface area (Å²) in [5.41, 5.74) is 4.91. The standard InChI is InChI=1S/C23H21N5O6/c1-12(2)30-21(29)31-16-17-23(16)20(32-19(34-23)13-6-4-3-5-7-13)22(10-24,33-17)15-9-8-14-18(25)26-11-27-28(14)15/h3-9,11-12,16-17,19-20H,1-2H3,(H2,25,26,27)/t16?,17-,19?,20+,22+,23-/m1/s1. The fraction of sp³-hybridized carbons (Fsp3) is 0.391. The van der Waals surface area contributed by atoms with Gasteiger partial charge < -0.3 is 29.4 Å². The zero-order chi connectivity index (χ0) is 23.7. The van der Waals surface area contributed by atoms with Crippen molar-refractivity contribution in [2.24, 2.45) is 0 Å². The molecule has 2 unspecified atom stereocenters. The summed E-state index contributed by atoms with van der Waals surface area (Å²) in [6, 6.07) is 15.0. The van der Waals surface area contributed by atoms with Gasteiger partial charge in [-0.15, -0.1) is 0 Å². The van der Waals surface area contributed by atoms with E-state index < -0.39 is 42.0 Å². The molecule has 11 heteroatoms. The predicted molar refractivity (Wildman–Crippen MR) is 114 cm³/mol. The molecule has 0 amide bonds. The monoisotopic (exact) mass is 463 g/mol. The summed E-state index contributed by atoms with van der Waals surface area (Å²) in [4.78, 5) is 16.2. The second-order valence-corrected chi connectivity index (χ2v) is 8.73. The number of hydrogen-bond donors (Lipinski definition) is 1. The molecule has 1 saturated carbocycles. The molecule has 11 nitrogen and oxygen atoms in total. The maximum Gasteiger partial charge on any atom is 0.509 e. The molecule has 2 aromatic heterocycles. The Morgan fingerprint density at radius 3 is 2.76 bits per heavy atom. The molecule has 3 aromatic rings. The van der Waals surface area contributed by atoms with Crippen LogP contribution >= 0.6 is 0 Å². The summed E-state index contributed by atoms with van der Waals surface area (Å²) in [5.74, 6) is 0.260. The van der Waals surface area contributed by atoms with Crippen LogP contribution in [0.5, 0.6) is 0 Å². The first kappa shape index (κ1) is 20.9. The fourth-order valence-corrected chi connectivity index (χ4v) is 4.90. The average Bonchev–Trinajstić information content (AvgIpc) is 3.22. The number of fused-ring (bicyclic) bond motifs is 1. The van der Waals surface area contributed by atoms with Gasteiger partial charge in [0.2, 0.25) is 5.60 Å². The SMILES string of the molecule is CC(C)OC(=O)OC1[C@H]2O[C@@](C#N)(c3ccc4c(N)ncnn34)[C@@H]3OC(c4ccccc4)O[C@]123. The van der Waals surface area contributed by atoms with Crippen molar-refractivity contribution in [3.8, 4) is 6.07 Å². The van der Waals surface area contributed by atoms with Crippen LogP contribution in [0.15, 0.2) is 48.8 Å². The van der Waals surface area contributed by atoms with E-state index in [0.717, 1.165) is 5.56 Å². The lowest BCUT2D eigenvalue weighted by molar-refractivity contribution is -0.138. The van der Waals surface area contributed by atoms with Gasteiger partial charge in [-0.2, -0.15) is 10.4 Å². The highest BCUT2D eigenvalue weighted by atomic mass is 16.8. The molecule has 4 heterocycles. The maximum atomic E-state index is 12.2. The van der Waals surface area contributed by atoms with Gasteiger partial charge in [0.05, 0.1) is 11.8 Å². The second-order valence-electron chi connectivity index (χ2n) is 8.73. The van der Waals surface area contributed by atoms with Crippen molar-refractivity contribution in [2.75, 3.05) is 5.73 Å². The molecular weight excluding hydrogens is 442 g/mol. The first-order chi connectivity index (χ1) is 16.4. The Morgan fingerprint density at radius 2 is 2.03 bits per heavy atom. The summed E-state index contributed by atoms with van der Waals surface area (Å²) in [6.07, 6.45) is -3.14. The van der Waals surface area contributed by atoms with Crippen molar-refractivity contribution in [3.63, 3.8) is 0 Å². The lowest BCUT2D eigenvalue weighted by Gasteiger charge is -2.29. The Bertz CT molecular complexity index is 1320. The number of nitrogens with zero attached hydrogens (tertiary/aromatic N) is 4. The number of nitrogen functional groups attached to an aromatic ring is 1. The Hall–Kier alpha value is -3.72. The number of carbonyl (C=O) groups excluding carboxylic acids is 1. The van der Waals surface area contributed by atoms with Crippen molar-refractivity contribution in [1.82, 2.24) is 14.6 Å². The number of benzene rings is 1. The molecule has 34 heavy (non-hydrogen) atoms. The lowest BCUT2D eigenvalue weighted by Crippen LogP contribution is -2.46. The Morgan fingerprint density at radius 1 is 1.24 bits per heavy atom. The van der Waals surface area contributed by atoms with Crippen molar-refractivity contribution in [2.45, 2.75) is 55.8 Å². The van der Waals surface area contributed by atoms with Crippen molar-refractivity contribution in [3.05, 3.63) is 60.0 Å². The van der Waals surface area contributed by atoms with E-state index in [9.17, 15) is 10.1 Å². The van der Waals surface area contributed by atoms with Gasteiger partial charge in [-0.1, -0.05) is 30.3 Å². The van der Waals surface area contributed by atoms with Crippen LogP contribution in [-0.4, -0.2) is 50.8 Å². The number of nitrogens with two attached hydrogens (primary N) is 1. The zero-order valence-corrected chi connectivity index (χ0v) is 18.3. The summed E-state index contributed by atoms with van der Waals surface area (Å²) < 4.78 is 31.1. The third-order valence-corrected chi connectivity index (χ3v) is 6.37. The smallest absolute Gasteiger partial charge is 0.432 e. The Labute approximate surface area is 193 Å². The molecule has 1 spiro atoms. The van der Waals surface area contributed by atoms with E-state index in [1.165, 1.54) is 10.8 Å². The fourth-order valence-electron chi connectivity index (χ4n) is 4.90. The number of nitriles is 1. The third kappa shape index (κ3) is 2.70. The molecule has 2 saturated heterocycles.